The van der Waals surface area contributed by atoms with Gasteiger partial charge in [-0.05, 0) is 12.8 Å². The summed E-state index contributed by atoms with van der Waals surface area (Å²) in [6, 6.07) is 9.92. The lowest BCUT2D eigenvalue weighted by Crippen LogP contribution is -2.34. The molecule has 1 aliphatic rings. The highest BCUT2D eigenvalue weighted by Gasteiger charge is 2.35. The third-order valence-corrected chi connectivity index (χ3v) is 4.57. The van der Waals surface area contributed by atoms with Crippen LogP contribution in [0.2, 0.25) is 0 Å². The molecule has 0 saturated heterocycles. The van der Waals surface area contributed by atoms with E-state index in [1.807, 2.05) is 30.3 Å². The molecule has 25 heavy (non-hydrogen) atoms. The molecule has 2 aromatic heterocycles. The minimum Gasteiger partial charge on any atom is -0.441 e. The number of hydrogen-bond donors (Lipinski definition) is 1. The molecule has 3 aromatic rings. The van der Waals surface area contributed by atoms with Gasteiger partial charge in [0.15, 0.2) is 17.5 Å². The standard InChI is InChI=1S/C18H20N4O2.ClH/c19-18(10-4-5-11-18)17-21-16(24-22-17)9-8-15-20-12-14(23-15)13-6-2-1-3-7-13;/h1-3,6-7,12H,4-5,8-11,19H2;1H. The lowest BCUT2D eigenvalue weighted by molar-refractivity contribution is 0.346. The fourth-order valence-corrected chi connectivity index (χ4v) is 3.16. The maximum absolute atomic E-state index is 6.35. The molecule has 1 aliphatic carbocycles. The zero-order valence-corrected chi connectivity index (χ0v) is 14.7. The number of halogens is 1. The quantitative estimate of drug-likeness (QED) is 0.746. The summed E-state index contributed by atoms with van der Waals surface area (Å²) in [5.74, 6) is 2.65. The highest BCUT2D eigenvalue weighted by molar-refractivity contribution is 5.85. The van der Waals surface area contributed by atoms with Crippen molar-refractivity contribution in [1.82, 2.24) is 15.1 Å². The van der Waals surface area contributed by atoms with Crippen LogP contribution in [0.25, 0.3) is 11.3 Å². The Bertz CT molecular complexity index is 809. The number of nitrogens with two attached hydrogens (primary N) is 1. The molecule has 1 fully saturated rings. The highest BCUT2D eigenvalue weighted by Crippen LogP contribution is 2.34. The Balaban J connectivity index is 0.00000182. The highest BCUT2D eigenvalue weighted by atomic mass is 35.5. The van der Waals surface area contributed by atoms with E-state index in [1.165, 1.54) is 0 Å². The summed E-state index contributed by atoms with van der Waals surface area (Å²) in [4.78, 5) is 8.80. The summed E-state index contributed by atoms with van der Waals surface area (Å²) in [5.41, 5.74) is 6.96. The molecule has 0 aliphatic heterocycles. The molecular formula is C18H21ClN4O2. The van der Waals surface area contributed by atoms with Gasteiger partial charge in [0.25, 0.3) is 0 Å². The Morgan fingerprint density at radius 3 is 2.52 bits per heavy atom. The predicted molar refractivity (Wildman–Crippen MR) is 95.2 cm³/mol. The van der Waals surface area contributed by atoms with Crippen molar-refractivity contribution in [2.24, 2.45) is 5.73 Å². The van der Waals surface area contributed by atoms with Crippen molar-refractivity contribution in [3.63, 3.8) is 0 Å². The van der Waals surface area contributed by atoms with E-state index in [1.54, 1.807) is 6.20 Å². The lowest BCUT2D eigenvalue weighted by atomic mass is 9.99. The molecule has 4 rings (SSSR count). The third kappa shape index (κ3) is 3.75. The van der Waals surface area contributed by atoms with Gasteiger partial charge in [0, 0.05) is 18.4 Å². The predicted octanol–water partition coefficient (Wildman–Crippen LogP) is 3.66. The smallest absolute Gasteiger partial charge is 0.227 e. The van der Waals surface area contributed by atoms with Crippen molar-refractivity contribution in [3.05, 3.63) is 54.1 Å². The Hall–Kier alpha value is -2.18. The summed E-state index contributed by atoms with van der Waals surface area (Å²) in [6.45, 7) is 0. The summed E-state index contributed by atoms with van der Waals surface area (Å²) in [5, 5.41) is 4.07. The van der Waals surface area contributed by atoms with E-state index in [-0.39, 0.29) is 12.4 Å². The number of aromatic nitrogens is 3. The van der Waals surface area contributed by atoms with Crippen molar-refractivity contribution in [3.8, 4) is 11.3 Å². The van der Waals surface area contributed by atoms with E-state index >= 15 is 0 Å². The van der Waals surface area contributed by atoms with Crippen LogP contribution >= 0.6 is 12.4 Å². The van der Waals surface area contributed by atoms with Crippen LogP contribution in [0.15, 0.2) is 45.5 Å². The zero-order valence-electron chi connectivity index (χ0n) is 13.9. The van der Waals surface area contributed by atoms with Crippen LogP contribution in [0.3, 0.4) is 0 Å². The average Bonchev–Trinajstić information content (AvgIpc) is 3.35. The maximum atomic E-state index is 6.35. The van der Waals surface area contributed by atoms with E-state index in [0.717, 1.165) is 37.0 Å². The Morgan fingerprint density at radius 1 is 1.04 bits per heavy atom. The van der Waals surface area contributed by atoms with E-state index < -0.39 is 5.54 Å². The van der Waals surface area contributed by atoms with Crippen molar-refractivity contribution in [2.45, 2.75) is 44.1 Å². The maximum Gasteiger partial charge on any atom is 0.227 e. The molecule has 132 valence electrons. The first kappa shape index (κ1) is 17.6. The number of rotatable bonds is 5. The number of benzene rings is 1. The molecule has 0 radical (unpaired) electrons. The average molecular weight is 361 g/mol. The second-order valence-electron chi connectivity index (χ2n) is 6.36. The molecule has 0 amide bonds. The fourth-order valence-electron chi connectivity index (χ4n) is 3.16. The monoisotopic (exact) mass is 360 g/mol. The van der Waals surface area contributed by atoms with Crippen molar-refractivity contribution >= 4 is 12.4 Å². The molecule has 1 aromatic carbocycles. The van der Waals surface area contributed by atoms with Gasteiger partial charge in [-0.3, -0.25) is 0 Å². The van der Waals surface area contributed by atoms with Crippen LogP contribution in [0.5, 0.6) is 0 Å². The molecule has 0 unspecified atom stereocenters. The van der Waals surface area contributed by atoms with Crippen molar-refractivity contribution in [2.75, 3.05) is 0 Å². The second kappa shape index (κ2) is 7.37. The van der Waals surface area contributed by atoms with Gasteiger partial charge in [-0.1, -0.05) is 48.3 Å². The minimum atomic E-state index is -0.412. The van der Waals surface area contributed by atoms with Gasteiger partial charge in [0.05, 0.1) is 11.7 Å². The lowest BCUT2D eigenvalue weighted by Gasteiger charge is -2.17. The molecule has 2 heterocycles. The normalized spacial score (nSPS) is 15.9. The first-order chi connectivity index (χ1) is 11.7. The molecular weight excluding hydrogens is 340 g/mol. The summed E-state index contributed by atoms with van der Waals surface area (Å²) >= 11 is 0. The van der Waals surface area contributed by atoms with E-state index in [0.29, 0.717) is 30.4 Å². The van der Waals surface area contributed by atoms with Gasteiger partial charge in [-0.2, -0.15) is 4.98 Å². The van der Waals surface area contributed by atoms with Gasteiger partial charge in [0.2, 0.25) is 5.89 Å². The molecule has 7 heteroatoms. The van der Waals surface area contributed by atoms with Gasteiger partial charge < -0.3 is 14.7 Å². The number of hydrogen-bond acceptors (Lipinski definition) is 6. The molecule has 0 atom stereocenters. The number of aryl methyl sites for hydroxylation is 2. The first-order valence-electron chi connectivity index (χ1n) is 8.35. The summed E-state index contributed by atoms with van der Waals surface area (Å²) < 4.78 is 11.1. The molecule has 6 nitrogen and oxygen atoms in total. The van der Waals surface area contributed by atoms with Crippen LogP contribution in [0, 0.1) is 0 Å². The second-order valence-corrected chi connectivity index (χ2v) is 6.36. The van der Waals surface area contributed by atoms with Crippen LogP contribution < -0.4 is 5.73 Å². The zero-order chi connectivity index (χ0) is 16.4. The fraction of sp³-hybridized carbons (Fsp3) is 0.389. The molecule has 0 bridgehead atoms. The van der Waals surface area contributed by atoms with Crippen LogP contribution in [0.4, 0.5) is 0 Å². The van der Waals surface area contributed by atoms with Crippen LogP contribution in [-0.4, -0.2) is 15.1 Å². The Morgan fingerprint density at radius 2 is 1.76 bits per heavy atom. The van der Waals surface area contributed by atoms with Gasteiger partial charge >= 0.3 is 0 Å². The Labute approximate surface area is 152 Å². The number of oxazole rings is 1. The van der Waals surface area contributed by atoms with E-state index in [4.69, 9.17) is 14.7 Å². The molecule has 2 N–H and O–H groups in total. The number of nitrogens with zero attached hydrogens (tertiary/aromatic N) is 3. The summed E-state index contributed by atoms with van der Waals surface area (Å²) in [6.07, 6.45) is 7.05. The van der Waals surface area contributed by atoms with E-state index in [2.05, 4.69) is 15.1 Å². The van der Waals surface area contributed by atoms with Gasteiger partial charge in [-0.25, -0.2) is 4.98 Å². The van der Waals surface area contributed by atoms with Crippen LogP contribution in [0.1, 0.15) is 43.3 Å². The minimum absolute atomic E-state index is 0. The third-order valence-electron chi connectivity index (χ3n) is 4.57. The first-order valence-corrected chi connectivity index (χ1v) is 8.35. The molecule has 0 spiro atoms. The van der Waals surface area contributed by atoms with Gasteiger partial charge in [-0.15, -0.1) is 12.4 Å². The molecule has 1 saturated carbocycles. The van der Waals surface area contributed by atoms with Gasteiger partial charge in [0.1, 0.15) is 0 Å². The Kier molecular flexibility index (Phi) is 5.20. The van der Waals surface area contributed by atoms with Crippen molar-refractivity contribution < 1.29 is 8.94 Å². The topological polar surface area (TPSA) is 91.0 Å². The van der Waals surface area contributed by atoms with E-state index in [9.17, 15) is 0 Å². The largest absolute Gasteiger partial charge is 0.441 e. The van der Waals surface area contributed by atoms with Crippen LogP contribution in [-0.2, 0) is 18.4 Å². The SMILES string of the molecule is Cl.NC1(c2noc(CCc3ncc(-c4ccccc4)o3)n2)CCCC1. The van der Waals surface area contributed by atoms with Crippen molar-refractivity contribution in [1.29, 1.82) is 0 Å². The summed E-state index contributed by atoms with van der Waals surface area (Å²) in [7, 11) is 0.